The Labute approximate surface area is 138 Å². The SMILES string of the molecule is CCNC(=NCc1c(C)nn(C)c1C)NCCc1ccccc1. The van der Waals surface area contributed by atoms with Gasteiger partial charge >= 0.3 is 0 Å². The minimum absolute atomic E-state index is 0.645. The number of rotatable bonds is 6. The first-order chi connectivity index (χ1) is 11.1. The first-order valence-corrected chi connectivity index (χ1v) is 8.17. The average molecular weight is 313 g/mol. The summed E-state index contributed by atoms with van der Waals surface area (Å²) >= 11 is 0. The van der Waals surface area contributed by atoms with Crippen molar-refractivity contribution in [1.29, 1.82) is 0 Å². The molecule has 0 aliphatic rings. The summed E-state index contributed by atoms with van der Waals surface area (Å²) in [7, 11) is 1.97. The Hall–Kier alpha value is -2.30. The lowest BCUT2D eigenvalue weighted by Gasteiger charge is -2.11. The van der Waals surface area contributed by atoms with E-state index in [4.69, 9.17) is 4.99 Å². The maximum absolute atomic E-state index is 4.69. The van der Waals surface area contributed by atoms with E-state index >= 15 is 0 Å². The fourth-order valence-corrected chi connectivity index (χ4v) is 2.52. The van der Waals surface area contributed by atoms with Gasteiger partial charge in [-0.1, -0.05) is 30.3 Å². The third-order valence-electron chi connectivity index (χ3n) is 3.95. The van der Waals surface area contributed by atoms with E-state index in [2.05, 4.69) is 53.8 Å². The average Bonchev–Trinajstić information content (AvgIpc) is 2.79. The van der Waals surface area contributed by atoms with Gasteiger partial charge in [0.2, 0.25) is 0 Å². The summed E-state index contributed by atoms with van der Waals surface area (Å²) in [5.74, 6) is 0.853. The Bertz CT molecular complexity index is 643. The molecule has 1 heterocycles. The van der Waals surface area contributed by atoms with Gasteiger partial charge in [0.15, 0.2) is 5.96 Å². The van der Waals surface area contributed by atoms with Crippen molar-refractivity contribution in [3.05, 3.63) is 52.8 Å². The maximum atomic E-state index is 4.69. The standard InChI is InChI=1S/C18H27N5/c1-5-19-18(20-12-11-16-9-7-6-8-10-16)21-13-17-14(2)22-23(4)15(17)3/h6-10H,5,11-13H2,1-4H3,(H2,19,20,21). The molecule has 2 N–H and O–H groups in total. The molecule has 0 amide bonds. The molecule has 0 fully saturated rings. The highest BCUT2D eigenvalue weighted by atomic mass is 15.3. The number of aliphatic imine (C=N–C) groups is 1. The number of nitrogens with one attached hydrogen (secondary N) is 2. The number of hydrogen-bond acceptors (Lipinski definition) is 2. The number of aryl methyl sites for hydroxylation is 2. The van der Waals surface area contributed by atoms with E-state index in [1.807, 2.05) is 24.7 Å². The molecule has 0 atom stereocenters. The molecule has 0 spiro atoms. The van der Waals surface area contributed by atoms with Crippen molar-refractivity contribution < 1.29 is 0 Å². The highest BCUT2D eigenvalue weighted by Crippen LogP contribution is 2.12. The van der Waals surface area contributed by atoms with Crippen LogP contribution in [-0.4, -0.2) is 28.8 Å². The fraction of sp³-hybridized carbons (Fsp3) is 0.444. The van der Waals surface area contributed by atoms with Gasteiger partial charge in [-0.3, -0.25) is 4.68 Å². The van der Waals surface area contributed by atoms with Gasteiger partial charge in [-0.15, -0.1) is 0 Å². The van der Waals surface area contributed by atoms with Crippen molar-refractivity contribution >= 4 is 5.96 Å². The van der Waals surface area contributed by atoms with E-state index in [9.17, 15) is 0 Å². The van der Waals surface area contributed by atoms with E-state index in [0.29, 0.717) is 6.54 Å². The summed E-state index contributed by atoms with van der Waals surface area (Å²) < 4.78 is 1.91. The summed E-state index contributed by atoms with van der Waals surface area (Å²) in [4.78, 5) is 4.69. The van der Waals surface area contributed by atoms with Crippen molar-refractivity contribution in [3.8, 4) is 0 Å². The molecule has 0 saturated heterocycles. The topological polar surface area (TPSA) is 54.2 Å². The van der Waals surface area contributed by atoms with Crippen LogP contribution in [0.3, 0.4) is 0 Å². The molecule has 0 aliphatic heterocycles. The zero-order valence-corrected chi connectivity index (χ0v) is 14.6. The Balaban J connectivity index is 1.94. The van der Waals surface area contributed by atoms with Gasteiger partial charge in [0, 0.05) is 31.4 Å². The molecular weight excluding hydrogens is 286 g/mol. The smallest absolute Gasteiger partial charge is 0.191 e. The largest absolute Gasteiger partial charge is 0.357 e. The fourth-order valence-electron chi connectivity index (χ4n) is 2.52. The lowest BCUT2D eigenvalue weighted by atomic mass is 10.1. The van der Waals surface area contributed by atoms with Crippen LogP contribution in [0.25, 0.3) is 0 Å². The molecule has 124 valence electrons. The molecular formula is C18H27N5. The maximum Gasteiger partial charge on any atom is 0.191 e. The lowest BCUT2D eigenvalue weighted by molar-refractivity contribution is 0.730. The normalized spacial score (nSPS) is 11.6. The molecule has 1 aromatic carbocycles. The van der Waals surface area contributed by atoms with E-state index in [-0.39, 0.29) is 0 Å². The molecule has 1 aromatic heterocycles. The van der Waals surface area contributed by atoms with E-state index in [0.717, 1.165) is 31.2 Å². The second-order valence-corrected chi connectivity index (χ2v) is 5.63. The van der Waals surface area contributed by atoms with Gasteiger partial charge < -0.3 is 10.6 Å². The van der Waals surface area contributed by atoms with Crippen molar-refractivity contribution in [1.82, 2.24) is 20.4 Å². The lowest BCUT2D eigenvalue weighted by Crippen LogP contribution is -2.38. The first-order valence-electron chi connectivity index (χ1n) is 8.17. The van der Waals surface area contributed by atoms with E-state index in [1.165, 1.54) is 16.8 Å². The van der Waals surface area contributed by atoms with Crippen molar-refractivity contribution in [2.75, 3.05) is 13.1 Å². The van der Waals surface area contributed by atoms with Crippen LogP contribution >= 0.6 is 0 Å². The third-order valence-corrected chi connectivity index (χ3v) is 3.95. The summed E-state index contributed by atoms with van der Waals surface area (Å²) in [6, 6.07) is 10.5. The number of benzene rings is 1. The molecule has 5 nitrogen and oxygen atoms in total. The van der Waals surface area contributed by atoms with Gasteiger partial charge in [0.05, 0.1) is 12.2 Å². The number of nitrogens with zero attached hydrogens (tertiary/aromatic N) is 3. The predicted molar refractivity (Wildman–Crippen MR) is 95.6 cm³/mol. The highest BCUT2D eigenvalue weighted by Gasteiger charge is 2.08. The minimum Gasteiger partial charge on any atom is -0.357 e. The molecule has 0 bridgehead atoms. The molecule has 0 radical (unpaired) electrons. The molecule has 5 heteroatoms. The number of hydrogen-bond donors (Lipinski definition) is 2. The van der Waals surface area contributed by atoms with Gasteiger partial charge in [-0.05, 0) is 32.8 Å². The Morgan fingerprint density at radius 2 is 1.91 bits per heavy atom. The number of guanidine groups is 1. The minimum atomic E-state index is 0.645. The molecule has 0 unspecified atom stereocenters. The third kappa shape index (κ3) is 4.84. The van der Waals surface area contributed by atoms with Crippen LogP contribution in [0.2, 0.25) is 0 Å². The number of aromatic nitrogens is 2. The van der Waals surface area contributed by atoms with Crippen LogP contribution in [0.15, 0.2) is 35.3 Å². The van der Waals surface area contributed by atoms with Gasteiger partial charge in [0.25, 0.3) is 0 Å². The molecule has 23 heavy (non-hydrogen) atoms. The second kappa shape index (κ2) is 8.36. The summed E-state index contributed by atoms with van der Waals surface area (Å²) in [6.07, 6.45) is 0.982. The quantitative estimate of drug-likeness (QED) is 0.636. The monoisotopic (exact) mass is 313 g/mol. The zero-order valence-electron chi connectivity index (χ0n) is 14.6. The van der Waals surface area contributed by atoms with E-state index < -0.39 is 0 Å². The zero-order chi connectivity index (χ0) is 16.7. The summed E-state index contributed by atoms with van der Waals surface area (Å²) in [6.45, 7) is 8.55. The molecule has 0 aliphatic carbocycles. The predicted octanol–water partition coefficient (Wildman–Crippen LogP) is 2.33. The van der Waals surface area contributed by atoms with E-state index in [1.54, 1.807) is 0 Å². The summed E-state index contributed by atoms with van der Waals surface area (Å²) in [5.41, 5.74) is 4.75. The van der Waals surface area contributed by atoms with Crippen molar-refractivity contribution in [2.45, 2.75) is 33.7 Å². The van der Waals surface area contributed by atoms with Crippen molar-refractivity contribution in [3.63, 3.8) is 0 Å². The Kier molecular flexibility index (Phi) is 6.20. The molecule has 2 aromatic rings. The van der Waals surface area contributed by atoms with Crippen LogP contribution in [-0.2, 0) is 20.0 Å². The molecule has 0 saturated carbocycles. The highest BCUT2D eigenvalue weighted by molar-refractivity contribution is 5.79. The van der Waals surface area contributed by atoms with Crippen LogP contribution in [0, 0.1) is 13.8 Å². The first kappa shape index (κ1) is 17.1. The Morgan fingerprint density at radius 1 is 1.17 bits per heavy atom. The molecule has 2 rings (SSSR count). The van der Waals surface area contributed by atoms with Crippen molar-refractivity contribution in [2.24, 2.45) is 12.0 Å². The van der Waals surface area contributed by atoms with Gasteiger partial charge in [-0.25, -0.2) is 4.99 Å². The van der Waals surface area contributed by atoms with Gasteiger partial charge in [0.1, 0.15) is 0 Å². The van der Waals surface area contributed by atoms with Crippen LogP contribution in [0.5, 0.6) is 0 Å². The van der Waals surface area contributed by atoms with Gasteiger partial charge in [-0.2, -0.15) is 5.10 Å². The van der Waals surface area contributed by atoms with Crippen LogP contribution in [0.1, 0.15) is 29.4 Å². The van der Waals surface area contributed by atoms with Crippen LogP contribution in [0.4, 0.5) is 0 Å². The second-order valence-electron chi connectivity index (χ2n) is 5.63. The summed E-state index contributed by atoms with van der Waals surface area (Å²) in [5, 5.41) is 11.1. The van der Waals surface area contributed by atoms with Crippen LogP contribution < -0.4 is 10.6 Å². The Morgan fingerprint density at radius 3 is 2.52 bits per heavy atom.